The Bertz CT molecular complexity index is 1110. The minimum Gasteiger partial charge on any atom is -0.312 e. The van der Waals surface area contributed by atoms with Crippen LogP contribution in [0.5, 0.6) is 0 Å². The van der Waals surface area contributed by atoms with Crippen molar-refractivity contribution in [2.75, 3.05) is 0 Å². The average Bonchev–Trinajstić information content (AvgIpc) is 3.18. The lowest BCUT2D eigenvalue weighted by Gasteiger charge is -2.13. The molecular formula is C17H19N7O. The summed E-state index contributed by atoms with van der Waals surface area (Å²) in [5, 5.41) is 4.38. The molecule has 0 aliphatic heterocycles. The van der Waals surface area contributed by atoms with Crippen molar-refractivity contribution in [3.63, 3.8) is 0 Å². The Hall–Kier alpha value is -3.03. The number of H-pyrrole nitrogens is 1. The van der Waals surface area contributed by atoms with E-state index in [1.54, 1.807) is 12.7 Å². The first-order valence-electron chi connectivity index (χ1n) is 8.27. The molecule has 0 saturated heterocycles. The maximum atomic E-state index is 11.8. The zero-order valence-corrected chi connectivity index (χ0v) is 14.3. The lowest BCUT2D eigenvalue weighted by atomic mass is 10.1. The molecule has 1 atom stereocenters. The highest BCUT2D eigenvalue weighted by Crippen LogP contribution is 2.26. The monoisotopic (exact) mass is 337 g/mol. The second-order valence-corrected chi connectivity index (χ2v) is 6.56. The van der Waals surface area contributed by atoms with Gasteiger partial charge in [0, 0.05) is 11.7 Å². The number of aromatic nitrogens is 7. The molecule has 128 valence electrons. The Kier molecular flexibility index (Phi) is 3.60. The maximum Gasteiger partial charge on any atom is 0.278 e. The van der Waals surface area contributed by atoms with Crippen molar-refractivity contribution >= 4 is 16.7 Å². The molecule has 0 spiro atoms. The van der Waals surface area contributed by atoms with Gasteiger partial charge in [-0.1, -0.05) is 13.8 Å². The molecule has 4 aromatic rings. The summed E-state index contributed by atoms with van der Waals surface area (Å²) >= 11 is 0. The van der Waals surface area contributed by atoms with Crippen LogP contribution in [0.2, 0.25) is 0 Å². The second-order valence-electron chi connectivity index (χ2n) is 6.56. The van der Waals surface area contributed by atoms with Crippen LogP contribution in [0.15, 0.2) is 36.0 Å². The van der Waals surface area contributed by atoms with Gasteiger partial charge in [-0.2, -0.15) is 5.10 Å². The summed E-state index contributed by atoms with van der Waals surface area (Å²) in [4.78, 5) is 27.0. The molecule has 4 aromatic heterocycles. The summed E-state index contributed by atoms with van der Waals surface area (Å²) in [5.74, 6) is 0.362. The van der Waals surface area contributed by atoms with E-state index in [1.165, 1.54) is 11.9 Å². The van der Waals surface area contributed by atoms with Gasteiger partial charge in [0.05, 0.1) is 24.4 Å². The zero-order valence-electron chi connectivity index (χ0n) is 14.3. The molecule has 0 unspecified atom stereocenters. The van der Waals surface area contributed by atoms with E-state index in [0.717, 1.165) is 17.6 Å². The molecule has 1 N–H and O–H groups in total. The first kappa shape index (κ1) is 15.5. The van der Waals surface area contributed by atoms with Gasteiger partial charge in [-0.25, -0.2) is 19.5 Å². The van der Waals surface area contributed by atoms with Crippen LogP contribution in [0, 0.1) is 0 Å². The van der Waals surface area contributed by atoms with Gasteiger partial charge < -0.3 is 9.55 Å². The minimum absolute atomic E-state index is 0.0886. The van der Waals surface area contributed by atoms with Crippen LogP contribution >= 0.6 is 0 Å². The summed E-state index contributed by atoms with van der Waals surface area (Å²) in [5.41, 5.74) is 4.07. The molecule has 0 amide bonds. The van der Waals surface area contributed by atoms with E-state index in [2.05, 4.69) is 51.9 Å². The van der Waals surface area contributed by atoms with Gasteiger partial charge in [0.1, 0.15) is 6.33 Å². The Balaban J connectivity index is 1.76. The molecule has 0 radical (unpaired) electrons. The van der Waals surface area contributed by atoms with Crippen LogP contribution in [0.3, 0.4) is 0 Å². The van der Waals surface area contributed by atoms with Gasteiger partial charge in [0.2, 0.25) is 0 Å². The number of hydrogen-bond donors (Lipinski definition) is 1. The largest absolute Gasteiger partial charge is 0.312 e. The SMILES string of the molecule is CC(C)c1cc(C[C@@H](C)n2cnc3c(=O)[nH]cnc32)c2cncnn12. The van der Waals surface area contributed by atoms with E-state index in [0.29, 0.717) is 17.1 Å². The summed E-state index contributed by atoms with van der Waals surface area (Å²) in [7, 11) is 0. The van der Waals surface area contributed by atoms with Crippen LogP contribution in [0.25, 0.3) is 16.7 Å². The molecule has 0 aromatic carbocycles. The van der Waals surface area contributed by atoms with E-state index in [-0.39, 0.29) is 11.6 Å². The fourth-order valence-corrected chi connectivity index (χ4v) is 3.22. The number of fused-ring (bicyclic) bond motifs is 2. The van der Waals surface area contributed by atoms with Gasteiger partial charge in [0.15, 0.2) is 11.2 Å². The number of nitrogens with one attached hydrogen (secondary N) is 1. The molecule has 8 nitrogen and oxygen atoms in total. The topological polar surface area (TPSA) is 93.8 Å². The lowest BCUT2D eigenvalue weighted by molar-refractivity contribution is 0.557. The number of nitrogens with zero attached hydrogens (tertiary/aromatic N) is 6. The van der Waals surface area contributed by atoms with E-state index < -0.39 is 0 Å². The number of aromatic amines is 1. The van der Waals surface area contributed by atoms with Crippen molar-refractivity contribution in [2.24, 2.45) is 0 Å². The summed E-state index contributed by atoms with van der Waals surface area (Å²) in [6.45, 7) is 6.39. The molecule has 4 rings (SSSR count). The molecule has 4 heterocycles. The molecule has 0 aliphatic rings. The highest BCUT2D eigenvalue weighted by molar-refractivity contribution is 5.69. The molecule has 0 aliphatic carbocycles. The van der Waals surface area contributed by atoms with Gasteiger partial charge in [-0.3, -0.25) is 4.79 Å². The van der Waals surface area contributed by atoms with Crippen LogP contribution in [-0.2, 0) is 6.42 Å². The third kappa shape index (κ3) is 2.50. The normalized spacial score (nSPS) is 13.1. The van der Waals surface area contributed by atoms with Crippen molar-refractivity contribution in [3.05, 3.63) is 52.9 Å². The van der Waals surface area contributed by atoms with Crippen LogP contribution in [0.4, 0.5) is 0 Å². The highest BCUT2D eigenvalue weighted by Gasteiger charge is 2.18. The second kappa shape index (κ2) is 5.80. The van der Waals surface area contributed by atoms with Crippen molar-refractivity contribution in [3.8, 4) is 0 Å². The van der Waals surface area contributed by atoms with Gasteiger partial charge in [-0.05, 0) is 30.9 Å². The fraction of sp³-hybridized carbons (Fsp3) is 0.353. The van der Waals surface area contributed by atoms with Gasteiger partial charge in [0.25, 0.3) is 5.56 Å². The van der Waals surface area contributed by atoms with E-state index >= 15 is 0 Å². The molecule has 0 fully saturated rings. The first-order valence-corrected chi connectivity index (χ1v) is 8.27. The molecule has 25 heavy (non-hydrogen) atoms. The van der Waals surface area contributed by atoms with E-state index in [9.17, 15) is 4.79 Å². The Morgan fingerprint density at radius 1 is 1.24 bits per heavy atom. The maximum absolute atomic E-state index is 11.8. The molecular weight excluding hydrogens is 318 g/mol. The lowest BCUT2D eigenvalue weighted by Crippen LogP contribution is -2.11. The number of rotatable bonds is 4. The third-order valence-electron chi connectivity index (χ3n) is 4.50. The Morgan fingerprint density at radius 2 is 2.08 bits per heavy atom. The van der Waals surface area contributed by atoms with Gasteiger partial charge in [-0.15, -0.1) is 0 Å². The predicted molar refractivity (Wildman–Crippen MR) is 93.6 cm³/mol. The Morgan fingerprint density at radius 3 is 2.88 bits per heavy atom. The van der Waals surface area contributed by atoms with Crippen molar-refractivity contribution in [1.82, 2.24) is 34.1 Å². The summed E-state index contributed by atoms with van der Waals surface area (Å²) in [6.07, 6.45) is 7.26. The first-order chi connectivity index (χ1) is 12.1. The summed E-state index contributed by atoms with van der Waals surface area (Å²) in [6, 6.07) is 2.27. The van der Waals surface area contributed by atoms with Crippen LogP contribution in [0.1, 0.15) is 44.0 Å². The van der Waals surface area contributed by atoms with E-state index in [4.69, 9.17) is 0 Å². The van der Waals surface area contributed by atoms with Gasteiger partial charge >= 0.3 is 0 Å². The standard InChI is InChI=1S/C17H19N7O/c1-10(2)13-5-12(14-6-18-7-22-24(13)14)4-11(3)23-9-21-15-16(23)19-8-20-17(15)25/h5-11H,4H2,1-3H3,(H,19,20,25)/t11-/m1/s1. The Labute approximate surface area is 143 Å². The van der Waals surface area contributed by atoms with Crippen molar-refractivity contribution in [1.29, 1.82) is 0 Å². The van der Waals surface area contributed by atoms with Crippen molar-refractivity contribution < 1.29 is 0 Å². The molecule has 8 heteroatoms. The van der Waals surface area contributed by atoms with E-state index in [1.807, 2.05) is 15.3 Å². The number of hydrogen-bond acceptors (Lipinski definition) is 5. The molecule has 0 saturated carbocycles. The molecule has 0 bridgehead atoms. The van der Waals surface area contributed by atoms with Crippen molar-refractivity contribution in [2.45, 2.75) is 39.2 Å². The predicted octanol–water partition coefficient (Wildman–Crippen LogP) is 2.09. The number of imidazole rings is 1. The minimum atomic E-state index is -0.222. The van der Waals surface area contributed by atoms with Crippen LogP contribution in [-0.4, -0.2) is 34.1 Å². The average molecular weight is 337 g/mol. The highest BCUT2D eigenvalue weighted by atomic mass is 16.1. The fourth-order valence-electron chi connectivity index (χ4n) is 3.22. The van der Waals surface area contributed by atoms with Crippen LogP contribution < -0.4 is 5.56 Å². The zero-order chi connectivity index (χ0) is 17.6. The summed E-state index contributed by atoms with van der Waals surface area (Å²) < 4.78 is 3.89. The quantitative estimate of drug-likeness (QED) is 0.615. The third-order valence-corrected chi connectivity index (χ3v) is 4.50. The smallest absolute Gasteiger partial charge is 0.278 e.